The number of aryl methyl sites for hydroxylation is 1. The van der Waals surface area contributed by atoms with E-state index in [1.165, 1.54) is 18.2 Å². The molecule has 1 aromatic carbocycles. The van der Waals surface area contributed by atoms with Crippen LogP contribution in [0.4, 0.5) is 10.1 Å². The summed E-state index contributed by atoms with van der Waals surface area (Å²) in [7, 11) is 0. The van der Waals surface area contributed by atoms with Crippen LogP contribution in [-0.2, 0) is 6.54 Å². The van der Waals surface area contributed by atoms with Gasteiger partial charge < -0.3 is 5.32 Å². The molecule has 0 atom stereocenters. The molecule has 108 valence electrons. The van der Waals surface area contributed by atoms with Crippen molar-refractivity contribution >= 4 is 11.6 Å². The van der Waals surface area contributed by atoms with Crippen molar-refractivity contribution < 1.29 is 14.1 Å². The molecule has 1 N–H and O–H groups in total. The number of carbonyl (C=O) groups excluding carboxylic acids is 1. The van der Waals surface area contributed by atoms with Crippen LogP contribution in [0.15, 0.2) is 36.5 Å². The van der Waals surface area contributed by atoms with E-state index in [-0.39, 0.29) is 23.6 Å². The molecule has 0 aliphatic heterocycles. The van der Waals surface area contributed by atoms with Crippen molar-refractivity contribution in [3.63, 3.8) is 0 Å². The number of carbonyl (C=O) groups is 1. The van der Waals surface area contributed by atoms with Crippen molar-refractivity contribution in [2.24, 2.45) is 0 Å². The molecule has 2 rings (SSSR count). The van der Waals surface area contributed by atoms with Gasteiger partial charge in [-0.05, 0) is 24.6 Å². The van der Waals surface area contributed by atoms with E-state index in [2.05, 4.69) is 10.3 Å². The van der Waals surface area contributed by atoms with Crippen molar-refractivity contribution in [2.75, 3.05) is 0 Å². The number of benzene rings is 1. The summed E-state index contributed by atoms with van der Waals surface area (Å²) in [6.45, 7) is 1.79. The predicted octanol–water partition coefficient (Wildman–Crippen LogP) is 2.37. The van der Waals surface area contributed by atoms with Gasteiger partial charge in [-0.2, -0.15) is 0 Å². The Bertz CT molecular complexity index is 686. The third-order valence-electron chi connectivity index (χ3n) is 2.89. The minimum atomic E-state index is -0.608. The quantitative estimate of drug-likeness (QED) is 0.691. The molecule has 1 amide bonds. The fourth-order valence-corrected chi connectivity index (χ4v) is 1.73. The lowest BCUT2D eigenvalue weighted by Gasteiger charge is -2.07. The maximum Gasteiger partial charge on any atom is 0.288 e. The van der Waals surface area contributed by atoms with Crippen molar-refractivity contribution in [3.05, 3.63) is 69.3 Å². The number of hydrogen-bond donors (Lipinski definition) is 1. The Labute approximate surface area is 119 Å². The Kier molecular flexibility index (Phi) is 4.22. The first kappa shape index (κ1) is 14.6. The maximum atomic E-state index is 12.8. The Balaban J connectivity index is 2.11. The van der Waals surface area contributed by atoms with Gasteiger partial charge in [-0.15, -0.1) is 0 Å². The van der Waals surface area contributed by atoms with E-state index in [9.17, 15) is 19.3 Å². The van der Waals surface area contributed by atoms with Gasteiger partial charge in [0.05, 0.1) is 16.2 Å². The SMILES string of the molecule is Cc1ncc([N+](=O)[O-])cc1C(=O)NCc1ccc(F)cc1. The van der Waals surface area contributed by atoms with Gasteiger partial charge in [-0.1, -0.05) is 12.1 Å². The smallest absolute Gasteiger partial charge is 0.288 e. The van der Waals surface area contributed by atoms with E-state index in [1.807, 2.05) is 0 Å². The number of nitro groups is 1. The summed E-state index contributed by atoms with van der Waals surface area (Å²) in [5.41, 5.74) is 1.02. The van der Waals surface area contributed by atoms with E-state index in [4.69, 9.17) is 0 Å². The normalized spacial score (nSPS) is 10.2. The minimum absolute atomic E-state index is 0.145. The van der Waals surface area contributed by atoms with Crippen molar-refractivity contribution in [1.82, 2.24) is 10.3 Å². The molecular formula is C14H12FN3O3. The fraction of sp³-hybridized carbons (Fsp3) is 0.143. The molecule has 0 saturated carbocycles. The molecule has 6 nitrogen and oxygen atoms in total. The Morgan fingerprint density at radius 2 is 2.05 bits per heavy atom. The summed E-state index contributed by atoms with van der Waals surface area (Å²) < 4.78 is 12.8. The largest absolute Gasteiger partial charge is 0.348 e. The molecule has 0 saturated heterocycles. The highest BCUT2D eigenvalue weighted by molar-refractivity contribution is 5.95. The van der Waals surface area contributed by atoms with E-state index in [0.29, 0.717) is 5.69 Å². The second kappa shape index (κ2) is 6.08. The number of amides is 1. The molecule has 21 heavy (non-hydrogen) atoms. The van der Waals surface area contributed by atoms with Crippen LogP contribution in [-0.4, -0.2) is 15.8 Å². The first-order valence-electron chi connectivity index (χ1n) is 6.11. The van der Waals surface area contributed by atoms with Crippen LogP contribution in [0.3, 0.4) is 0 Å². The minimum Gasteiger partial charge on any atom is -0.348 e. The summed E-state index contributed by atoms with van der Waals surface area (Å²) >= 11 is 0. The molecule has 1 aromatic heterocycles. The topological polar surface area (TPSA) is 85.1 Å². The molecule has 0 radical (unpaired) electrons. The second-order valence-corrected chi connectivity index (χ2v) is 4.39. The zero-order valence-corrected chi connectivity index (χ0v) is 11.2. The maximum absolute atomic E-state index is 12.8. The highest BCUT2D eigenvalue weighted by atomic mass is 19.1. The summed E-state index contributed by atoms with van der Waals surface area (Å²) in [6, 6.07) is 6.87. The van der Waals surface area contributed by atoms with Crippen LogP contribution in [0.5, 0.6) is 0 Å². The molecule has 1 heterocycles. The lowest BCUT2D eigenvalue weighted by Crippen LogP contribution is -2.24. The van der Waals surface area contributed by atoms with Gasteiger partial charge in [0.1, 0.15) is 12.0 Å². The van der Waals surface area contributed by atoms with Crippen LogP contribution < -0.4 is 5.32 Å². The fourth-order valence-electron chi connectivity index (χ4n) is 1.73. The third-order valence-corrected chi connectivity index (χ3v) is 2.89. The Morgan fingerprint density at radius 1 is 1.38 bits per heavy atom. The van der Waals surface area contributed by atoms with Crippen LogP contribution in [0.2, 0.25) is 0 Å². The number of aromatic nitrogens is 1. The number of halogens is 1. The monoisotopic (exact) mass is 289 g/mol. The molecule has 0 unspecified atom stereocenters. The molecule has 2 aromatic rings. The average Bonchev–Trinajstić information content (AvgIpc) is 2.46. The average molecular weight is 289 g/mol. The first-order chi connectivity index (χ1) is 9.97. The standard InChI is InChI=1S/C14H12FN3O3/c1-9-13(6-12(8-16-9)18(20)21)14(19)17-7-10-2-4-11(15)5-3-10/h2-6,8H,7H2,1H3,(H,17,19). The number of pyridine rings is 1. The molecular weight excluding hydrogens is 277 g/mol. The highest BCUT2D eigenvalue weighted by Crippen LogP contribution is 2.14. The van der Waals surface area contributed by atoms with Crippen LogP contribution in [0.25, 0.3) is 0 Å². The van der Waals surface area contributed by atoms with E-state index < -0.39 is 10.8 Å². The Hall–Kier alpha value is -2.83. The summed E-state index contributed by atoms with van der Waals surface area (Å²) in [6.07, 6.45) is 1.10. The van der Waals surface area contributed by atoms with Crippen molar-refractivity contribution in [3.8, 4) is 0 Å². The molecule has 0 spiro atoms. The van der Waals surface area contributed by atoms with Crippen LogP contribution >= 0.6 is 0 Å². The highest BCUT2D eigenvalue weighted by Gasteiger charge is 2.15. The summed E-state index contributed by atoms with van der Waals surface area (Å²) in [4.78, 5) is 26.0. The van der Waals surface area contributed by atoms with Crippen LogP contribution in [0, 0.1) is 22.9 Å². The molecule has 7 heteroatoms. The van der Waals surface area contributed by atoms with Gasteiger partial charge in [0.15, 0.2) is 0 Å². The molecule has 0 aliphatic rings. The Morgan fingerprint density at radius 3 is 2.67 bits per heavy atom. The third kappa shape index (κ3) is 3.59. The number of hydrogen-bond acceptors (Lipinski definition) is 4. The zero-order valence-electron chi connectivity index (χ0n) is 11.2. The van der Waals surface area contributed by atoms with E-state index in [0.717, 1.165) is 11.8 Å². The second-order valence-electron chi connectivity index (χ2n) is 4.39. The lowest BCUT2D eigenvalue weighted by atomic mass is 10.1. The number of nitrogens with one attached hydrogen (secondary N) is 1. The predicted molar refractivity (Wildman–Crippen MR) is 73.2 cm³/mol. The number of nitrogens with zero attached hydrogens (tertiary/aromatic N) is 2. The molecule has 0 bridgehead atoms. The van der Waals surface area contributed by atoms with Crippen molar-refractivity contribution in [2.45, 2.75) is 13.5 Å². The summed E-state index contributed by atoms with van der Waals surface area (Å²) in [5.74, 6) is -0.822. The van der Waals surface area contributed by atoms with Gasteiger partial charge in [0, 0.05) is 12.6 Å². The molecule has 0 fully saturated rings. The van der Waals surface area contributed by atoms with Gasteiger partial charge >= 0.3 is 0 Å². The molecule has 0 aliphatic carbocycles. The van der Waals surface area contributed by atoms with Gasteiger partial charge in [-0.25, -0.2) is 4.39 Å². The van der Waals surface area contributed by atoms with Crippen LogP contribution in [0.1, 0.15) is 21.6 Å². The van der Waals surface area contributed by atoms with Crippen molar-refractivity contribution in [1.29, 1.82) is 0 Å². The first-order valence-corrected chi connectivity index (χ1v) is 6.11. The van der Waals surface area contributed by atoms with Gasteiger partial charge in [0.2, 0.25) is 0 Å². The van der Waals surface area contributed by atoms with E-state index in [1.54, 1.807) is 19.1 Å². The van der Waals surface area contributed by atoms with Gasteiger partial charge in [-0.3, -0.25) is 19.9 Å². The lowest BCUT2D eigenvalue weighted by molar-refractivity contribution is -0.385. The number of rotatable bonds is 4. The summed E-state index contributed by atoms with van der Waals surface area (Å²) in [5, 5.41) is 13.3. The zero-order chi connectivity index (χ0) is 15.4. The van der Waals surface area contributed by atoms with E-state index >= 15 is 0 Å². The van der Waals surface area contributed by atoms with Gasteiger partial charge in [0.25, 0.3) is 11.6 Å².